The highest BCUT2D eigenvalue weighted by molar-refractivity contribution is 5.76. The van der Waals surface area contributed by atoms with Crippen LogP contribution < -0.4 is 5.32 Å². The Morgan fingerprint density at radius 1 is 0.893 bits per heavy atom. The molecule has 0 saturated heterocycles. The number of benzene rings is 2. The van der Waals surface area contributed by atoms with Crippen molar-refractivity contribution >= 4 is 0 Å². The largest absolute Gasteiger partial charge is 0.507 e. The summed E-state index contributed by atoms with van der Waals surface area (Å²) in [5.74, 6) is -0.112. The van der Waals surface area contributed by atoms with Crippen LogP contribution in [0, 0.1) is 6.92 Å². The van der Waals surface area contributed by atoms with Gasteiger partial charge in [0.05, 0.1) is 5.56 Å². The van der Waals surface area contributed by atoms with Crippen molar-refractivity contribution < 1.29 is 18.3 Å². The Bertz CT molecular complexity index is 856. The van der Waals surface area contributed by atoms with Gasteiger partial charge in [-0.05, 0) is 56.4 Å². The third-order valence-electron chi connectivity index (χ3n) is 4.63. The molecule has 0 bridgehead atoms. The zero-order valence-electron chi connectivity index (χ0n) is 17.7. The minimum atomic E-state index is -4.50. The van der Waals surface area contributed by atoms with E-state index in [1.807, 2.05) is 47.6 Å². The van der Waals surface area contributed by atoms with Crippen molar-refractivity contribution in [2.24, 2.45) is 0 Å². The number of alkyl halides is 3. The Hall–Kier alpha value is -2.01. The quantitative estimate of drug-likeness (QED) is 0.618. The van der Waals surface area contributed by atoms with Gasteiger partial charge in [-0.25, -0.2) is 0 Å². The fraction of sp³-hybridized carbons (Fsp3) is 0.478. The van der Waals surface area contributed by atoms with E-state index in [0.29, 0.717) is 17.7 Å². The molecule has 0 heterocycles. The molecule has 2 nitrogen and oxygen atoms in total. The summed E-state index contributed by atoms with van der Waals surface area (Å²) < 4.78 is 41.1. The monoisotopic (exact) mass is 393 g/mol. The lowest BCUT2D eigenvalue weighted by Gasteiger charge is -2.26. The summed E-state index contributed by atoms with van der Waals surface area (Å²) in [6.07, 6.45) is -4.50. The molecule has 0 fully saturated rings. The van der Waals surface area contributed by atoms with Gasteiger partial charge in [0.1, 0.15) is 5.75 Å². The first kappa shape index (κ1) is 22.3. The molecular weight excluding hydrogens is 363 g/mol. The smallest absolute Gasteiger partial charge is 0.417 e. The Balaban J connectivity index is 2.74. The molecule has 0 unspecified atom stereocenters. The van der Waals surface area contributed by atoms with Gasteiger partial charge < -0.3 is 10.4 Å². The van der Waals surface area contributed by atoms with Crippen LogP contribution in [0.1, 0.15) is 63.8 Å². The van der Waals surface area contributed by atoms with Crippen LogP contribution in [0.4, 0.5) is 13.2 Å². The molecule has 0 atom stereocenters. The zero-order valence-corrected chi connectivity index (χ0v) is 17.7. The number of aromatic hydroxyl groups is 1. The van der Waals surface area contributed by atoms with Crippen molar-refractivity contribution in [3.63, 3.8) is 0 Å². The molecule has 2 N–H and O–H groups in total. The molecule has 0 aromatic heterocycles. The Morgan fingerprint density at radius 3 is 2.00 bits per heavy atom. The van der Waals surface area contributed by atoms with Crippen LogP contribution in [0.5, 0.6) is 5.75 Å². The second-order valence-corrected chi connectivity index (χ2v) is 9.43. The molecule has 28 heavy (non-hydrogen) atoms. The molecule has 0 aliphatic rings. The summed E-state index contributed by atoms with van der Waals surface area (Å²) in [5.41, 5.74) is 1.00. The summed E-state index contributed by atoms with van der Waals surface area (Å²) in [7, 11) is 0. The van der Waals surface area contributed by atoms with E-state index < -0.39 is 11.7 Å². The van der Waals surface area contributed by atoms with Gasteiger partial charge in [0, 0.05) is 23.2 Å². The van der Waals surface area contributed by atoms with Crippen molar-refractivity contribution in [3.8, 4) is 16.9 Å². The van der Waals surface area contributed by atoms with Crippen molar-refractivity contribution in [1.29, 1.82) is 0 Å². The first-order chi connectivity index (χ1) is 12.6. The number of halogens is 3. The van der Waals surface area contributed by atoms with E-state index in [4.69, 9.17) is 0 Å². The van der Waals surface area contributed by atoms with Crippen LogP contribution >= 0.6 is 0 Å². The van der Waals surface area contributed by atoms with Crippen LogP contribution in [0.3, 0.4) is 0 Å². The third-order valence-corrected chi connectivity index (χ3v) is 4.63. The maximum atomic E-state index is 13.7. The normalized spacial score (nSPS) is 13.1. The fourth-order valence-electron chi connectivity index (χ4n) is 2.96. The molecule has 2 aromatic carbocycles. The summed E-state index contributed by atoms with van der Waals surface area (Å²) in [5, 5.41) is 14.2. The highest BCUT2D eigenvalue weighted by Crippen LogP contribution is 2.43. The number of aryl methyl sites for hydroxylation is 1. The minimum absolute atomic E-state index is 0.00120. The second-order valence-electron chi connectivity index (χ2n) is 9.43. The van der Waals surface area contributed by atoms with Crippen LogP contribution in [-0.4, -0.2) is 10.6 Å². The third kappa shape index (κ3) is 5.28. The van der Waals surface area contributed by atoms with Gasteiger partial charge >= 0.3 is 6.18 Å². The van der Waals surface area contributed by atoms with Gasteiger partial charge in [0.2, 0.25) is 0 Å². The Kier molecular flexibility index (Phi) is 5.91. The predicted octanol–water partition coefficient (Wildman–Crippen LogP) is 6.57. The molecule has 0 aliphatic carbocycles. The molecule has 0 amide bonds. The van der Waals surface area contributed by atoms with E-state index in [0.717, 1.165) is 11.6 Å². The number of hydrogen-bond donors (Lipinski definition) is 2. The van der Waals surface area contributed by atoms with E-state index >= 15 is 0 Å². The average Bonchev–Trinajstić information content (AvgIpc) is 2.51. The number of phenolic OH excluding ortho intramolecular Hbond substituents is 1. The van der Waals surface area contributed by atoms with Crippen LogP contribution in [0.25, 0.3) is 11.1 Å². The molecule has 0 radical (unpaired) electrons. The second kappa shape index (κ2) is 7.43. The summed E-state index contributed by atoms with van der Waals surface area (Å²) in [4.78, 5) is 0. The predicted molar refractivity (Wildman–Crippen MR) is 109 cm³/mol. The van der Waals surface area contributed by atoms with E-state index in [1.165, 1.54) is 6.07 Å². The fourth-order valence-corrected chi connectivity index (χ4v) is 2.96. The van der Waals surface area contributed by atoms with E-state index in [-0.39, 0.29) is 27.8 Å². The van der Waals surface area contributed by atoms with E-state index in [1.54, 1.807) is 19.1 Å². The van der Waals surface area contributed by atoms with Gasteiger partial charge in [-0.3, -0.25) is 0 Å². The van der Waals surface area contributed by atoms with Crippen molar-refractivity contribution in [3.05, 3.63) is 52.6 Å². The van der Waals surface area contributed by atoms with Gasteiger partial charge in [0.25, 0.3) is 0 Å². The first-order valence-electron chi connectivity index (χ1n) is 9.39. The zero-order chi connectivity index (χ0) is 21.5. The van der Waals surface area contributed by atoms with E-state index in [9.17, 15) is 18.3 Å². The van der Waals surface area contributed by atoms with Gasteiger partial charge in [-0.1, -0.05) is 44.5 Å². The van der Waals surface area contributed by atoms with E-state index in [2.05, 4.69) is 5.32 Å². The minimum Gasteiger partial charge on any atom is -0.507 e. The van der Waals surface area contributed by atoms with Crippen molar-refractivity contribution in [2.45, 2.75) is 72.1 Å². The van der Waals surface area contributed by atoms with Crippen molar-refractivity contribution in [1.82, 2.24) is 5.32 Å². The Labute approximate surface area is 165 Å². The van der Waals surface area contributed by atoms with Crippen LogP contribution in [0.2, 0.25) is 0 Å². The molecule has 154 valence electrons. The molecule has 5 heteroatoms. The molecule has 2 rings (SSSR count). The number of nitrogens with one attached hydrogen (secondary N) is 1. The number of hydrogen-bond acceptors (Lipinski definition) is 2. The number of phenols is 1. The molecule has 0 spiro atoms. The summed E-state index contributed by atoms with van der Waals surface area (Å²) >= 11 is 0. The van der Waals surface area contributed by atoms with Gasteiger partial charge in [-0.15, -0.1) is 0 Å². The molecule has 0 aliphatic heterocycles. The lowest BCUT2D eigenvalue weighted by Crippen LogP contribution is -2.35. The topological polar surface area (TPSA) is 32.3 Å². The molecule has 0 saturated carbocycles. The lowest BCUT2D eigenvalue weighted by molar-refractivity contribution is -0.137. The van der Waals surface area contributed by atoms with Gasteiger partial charge in [-0.2, -0.15) is 13.2 Å². The molecule has 2 aromatic rings. The molecular formula is C23H30F3NO. The SMILES string of the molecule is Cc1ccc(-c2cc(C(C)(C)C)cc(CNC(C)(C)C)c2O)c(C(F)(F)F)c1. The average molecular weight is 393 g/mol. The van der Waals surface area contributed by atoms with Gasteiger partial charge in [0.15, 0.2) is 0 Å². The Morgan fingerprint density at radius 2 is 1.50 bits per heavy atom. The van der Waals surface area contributed by atoms with Crippen LogP contribution in [0.15, 0.2) is 30.3 Å². The highest BCUT2D eigenvalue weighted by atomic mass is 19.4. The van der Waals surface area contributed by atoms with Crippen molar-refractivity contribution in [2.75, 3.05) is 0 Å². The number of rotatable bonds is 3. The lowest BCUT2D eigenvalue weighted by atomic mass is 9.83. The summed E-state index contributed by atoms with van der Waals surface area (Å²) in [6.45, 7) is 14.0. The maximum Gasteiger partial charge on any atom is 0.417 e. The van der Waals surface area contributed by atoms with Crippen LogP contribution in [-0.2, 0) is 18.1 Å². The summed E-state index contributed by atoms with van der Waals surface area (Å²) in [6, 6.07) is 7.77. The first-order valence-corrected chi connectivity index (χ1v) is 9.39. The maximum absolute atomic E-state index is 13.7. The standard InChI is InChI=1S/C23H30F3NO/c1-14-8-9-17(19(10-14)23(24,25)26)18-12-16(21(2,3)4)11-15(20(18)28)13-27-22(5,6)7/h8-12,27-28H,13H2,1-7H3. The highest BCUT2D eigenvalue weighted by Gasteiger charge is 2.35.